The molecule has 0 aliphatic carbocycles. The predicted molar refractivity (Wildman–Crippen MR) is 73.6 cm³/mol. The Kier molecular flexibility index (Phi) is 3.99. The van der Waals surface area contributed by atoms with Crippen molar-refractivity contribution in [3.05, 3.63) is 36.2 Å². The minimum atomic E-state index is -0.782. The van der Waals surface area contributed by atoms with Gasteiger partial charge in [0.25, 0.3) is 0 Å². The molecule has 104 valence electrons. The van der Waals surface area contributed by atoms with E-state index in [2.05, 4.69) is 20.8 Å². The maximum absolute atomic E-state index is 11.8. The first-order valence-electron chi connectivity index (χ1n) is 5.86. The Morgan fingerprint density at radius 3 is 2.65 bits per heavy atom. The van der Waals surface area contributed by atoms with E-state index in [1.807, 2.05) is 13.0 Å². The van der Waals surface area contributed by atoms with Crippen molar-refractivity contribution in [2.45, 2.75) is 6.92 Å². The van der Waals surface area contributed by atoms with E-state index in [1.54, 1.807) is 12.1 Å². The van der Waals surface area contributed by atoms with Crippen LogP contribution in [0.3, 0.4) is 0 Å². The number of nitrogens with one attached hydrogen (secondary N) is 3. The van der Waals surface area contributed by atoms with E-state index in [-0.39, 0.29) is 0 Å². The van der Waals surface area contributed by atoms with Crippen LogP contribution in [0.15, 0.2) is 30.6 Å². The van der Waals surface area contributed by atoms with Crippen molar-refractivity contribution in [2.24, 2.45) is 0 Å². The molecule has 0 bridgehead atoms. The molecule has 2 aromatic rings. The van der Waals surface area contributed by atoms with Gasteiger partial charge in [-0.2, -0.15) is 5.10 Å². The molecule has 1 heterocycles. The van der Waals surface area contributed by atoms with Crippen molar-refractivity contribution < 1.29 is 14.3 Å². The Morgan fingerprint density at radius 1 is 1.25 bits per heavy atom. The minimum absolute atomic E-state index is 0.418. The lowest BCUT2D eigenvalue weighted by atomic mass is 10.2. The maximum atomic E-state index is 11.8. The third-order valence-corrected chi connectivity index (χ3v) is 2.57. The zero-order valence-electron chi connectivity index (χ0n) is 11.1. The van der Waals surface area contributed by atoms with Crippen molar-refractivity contribution in [1.82, 2.24) is 10.2 Å². The molecular formula is C13H14N4O3. The molecule has 0 unspecified atom stereocenters. The number of benzene rings is 1. The van der Waals surface area contributed by atoms with Gasteiger partial charge >= 0.3 is 11.8 Å². The second-order valence-electron chi connectivity index (χ2n) is 4.10. The van der Waals surface area contributed by atoms with E-state index in [0.717, 1.165) is 5.56 Å². The van der Waals surface area contributed by atoms with Gasteiger partial charge in [0, 0.05) is 6.20 Å². The van der Waals surface area contributed by atoms with Gasteiger partial charge < -0.3 is 15.4 Å². The monoisotopic (exact) mass is 274 g/mol. The van der Waals surface area contributed by atoms with Gasteiger partial charge in [-0.15, -0.1) is 0 Å². The number of aromatic nitrogens is 2. The minimum Gasteiger partial charge on any atom is -0.495 e. The quantitative estimate of drug-likeness (QED) is 0.735. The summed E-state index contributed by atoms with van der Waals surface area (Å²) in [5.41, 5.74) is 1.80. The van der Waals surface area contributed by atoms with Crippen molar-refractivity contribution >= 4 is 23.2 Å². The first-order chi connectivity index (χ1) is 9.60. The van der Waals surface area contributed by atoms with Gasteiger partial charge in [-0.05, 0) is 24.6 Å². The summed E-state index contributed by atoms with van der Waals surface area (Å²) in [6, 6.07) is 5.29. The number of H-pyrrole nitrogens is 1. The summed E-state index contributed by atoms with van der Waals surface area (Å²) in [5.74, 6) is -1.08. The zero-order chi connectivity index (χ0) is 14.5. The van der Waals surface area contributed by atoms with Crippen LogP contribution in [0.2, 0.25) is 0 Å². The first-order valence-corrected chi connectivity index (χ1v) is 5.86. The van der Waals surface area contributed by atoms with Gasteiger partial charge in [-0.25, -0.2) is 0 Å². The predicted octanol–water partition coefficient (Wildman–Crippen LogP) is 1.30. The largest absolute Gasteiger partial charge is 0.495 e. The van der Waals surface area contributed by atoms with Gasteiger partial charge in [0.1, 0.15) is 5.75 Å². The highest BCUT2D eigenvalue weighted by molar-refractivity contribution is 6.43. The second-order valence-corrected chi connectivity index (χ2v) is 4.10. The van der Waals surface area contributed by atoms with Crippen molar-refractivity contribution in [1.29, 1.82) is 0 Å². The standard InChI is InChI=1S/C13H14N4O3/c1-8-3-4-11(20-2)10(5-8)17-13(19)12(18)16-9-6-14-15-7-9/h3-7H,1-2H3,(H,14,15)(H,16,18)(H,17,19). The summed E-state index contributed by atoms with van der Waals surface area (Å²) in [6.45, 7) is 1.88. The molecule has 2 amide bonds. The highest BCUT2D eigenvalue weighted by atomic mass is 16.5. The first kappa shape index (κ1) is 13.6. The van der Waals surface area contributed by atoms with E-state index >= 15 is 0 Å². The Balaban J connectivity index is 2.07. The molecule has 1 aromatic heterocycles. The molecule has 0 saturated heterocycles. The summed E-state index contributed by atoms with van der Waals surface area (Å²) in [4.78, 5) is 23.5. The molecule has 0 atom stereocenters. The topological polar surface area (TPSA) is 96.1 Å². The Bertz CT molecular complexity index is 623. The molecule has 20 heavy (non-hydrogen) atoms. The van der Waals surface area contributed by atoms with Crippen LogP contribution in [-0.2, 0) is 9.59 Å². The van der Waals surface area contributed by atoms with E-state index in [9.17, 15) is 9.59 Å². The number of amides is 2. The molecule has 0 aliphatic rings. The number of carbonyl (C=O) groups excluding carboxylic acids is 2. The molecule has 3 N–H and O–H groups in total. The third-order valence-electron chi connectivity index (χ3n) is 2.57. The molecule has 0 saturated carbocycles. The van der Waals surface area contributed by atoms with Crippen LogP contribution in [0.1, 0.15) is 5.56 Å². The number of hydrogen-bond donors (Lipinski definition) is 3. The molecule has 7 heteroatoms. The van der Waals surface area contributed by atoms with Gasteiger partial charge in [0.05, 0.1) is 24.7 Å². The molecule has 0 radical (unpaired) electrons. The molecule has 0 aliphatic heterocycles. The maximum Gasteiger partial charge on any atom is 0.314 e. The number of nitrogens with zero attached hydrogens (tertiary/aromatic N) is 1. The number of aromatic amines is 1. The van der Waals surface area contributed by atoms with E-state index in [1.165, 1.54) is 19.5 Å². The Labute approximate surface area is 115 Å². The number of aryl methyl sites for hydroxylation is 1. The number of ether oxygens (including phenoxy) is 1. The summed E-state index contributed by atoms with van der Waals surface area (Å²) in [7, 11) is 1.49. The van der Waals surface area contributed by atoms with Crippen LogP contribution < -0.4 is 15.4 Å². The normalized spacial score (nSPS) is 9.90. The average molecular weight is 274 g/mol. The van der Waals surface area contributed by atoms with Gasteiger partial charge in [0.15, 0.2) is 0 Å². The van der Waals surface area contributed by atoms with Crippen LogP contribution in [0, 0.1) is 6.92 Å². The number of rotatable bonds is 3. The smallest absolute Gasteiger partial charge is 0.314 e. The lowest BCUT2D eigenvalue weighted by molar-refractivity contribution is -0.133. The average Bonchev–Trinajstić information content (AvgIpc) is 2.91. The summed E-state index contributed by atoms with van der Waals surface area (Å²) in [5, 5.41) is 11.1. The molecule has 1 aromatic carbocycles. The summed E-state index contributed by atoms with van der Waals surface area (Å²) in [6.07, 6.45) is 2.87. The highest BCUT2D eigenvalue weighted by Crippen LogP contribution is 2.25. The fraction of sp³-hybridized carbons (Fsp3) is 0.154. The second kappa shape index (κ2) is 5.87. The van der Waals surface area contributed by atoms with Gasteiger partial charge in [-0.1, -0.05) is 6.07 Å². The molecule has 0 fully saturated rings. The molecule has 2 rings (SSSR count). The van der Waals surface area contributed by atoms with Crippen molar-refractivity contribution in [3.8, 4) is 5.75 Å². The lowest BCUT2D eigenvalue weighted by Crippen LogP contribution is -2.29. The number of hydrogen-bond acceptors (Lipinski definition) is 4. The number of methoxy groups -OCH3 is 1. The summed E-state index contributed by atoms with van der Waals surface area (Å²) >= 11 is 0. The van der Waals surface area contributed by atoms with E-state index in [4.69, 9.17) is 4.74 Å². The van der Waals surface area contributed by atoms with E-state index in [0.29, 0.717) is 17.1 Å². The van der Waals surface area contributed by atoms with Crippen LogP contribution in [0.5, 0.6) is 5.75 Å². The summed E-state index contributed by atoms with van der Waals surface area (Å²) < 4.78 is 5.13. The molecule has 0 spiro atoms. The molecule has 7 nitrogen and oxygen atoms in total. The van der Waals surface area contributed by atoms with Gasteiger partial charge in [0.2, 0.25) is 0 Å². The van der Waals surface area contributed by atoms with Crippen LogP contribution in [-0.4, -0.2) is 29.1 Å². The Morgan fingerprint density at radius 2 is 2.00 bits per heavy atom. The lowest BCUT2D eigenvalue weighted by Gasteiger charge is -2.10. The van der Waals surface area contributed by atoms with Crippen LogP contribution in [0.25, 0.3) is 0 Å². The fourth-order valence-corrected chi connectivity index (χ4v) is 1.61. The van der Waals surface area contributed by atoms with E-state index < -0.39 is 11.8 Å². The molecular weight excluding hydrogens is 260 g/mol. The Hall–Kier alpha value is -2.83. The highest BCUT2D eigenvalue weighted by Gasteiger charge is 2.16. The third kappa shape index (κ3) is 3.14. The van der Waals surface area contributed by atoms with Crippen LogP contribution >= 0.6 is 0 Å². The zero-order valence-corrected chi connectivity index (χ0v) is 11.1. The number of anilines is 2. The fourth-order valence-electron chi connectivity index (χ4n) is 1.61. The van der Waals surface area contributed by atoms with Crippen molar-refractivity contribution in [2.75, 3.05) is 17.7 Å². The van der Waals surface area contributed by atoms with Gasteiger partial charge in [-0.3, -0.25) is 14.7 Å². The number of carbonyl (C=O) groups is 2. The van der Waals surface area contributed by atoms with Crippen molar-refractivity contribution in [3.63, 3.8) is 0 Å². The van der Waals surface area contributed by atoms with Crippen LogP contribution in [0.4, 0.5) is 11.4 Å². The SMILES string of the molecule is COc1ccc(C)cc1NC(=O)C(=O)Nc1cn[nH]c1.